The summed E-state index contributed by atoms with van der Waals surface area (Å²) < 4.78 is 10.9. The van der Waals surface area contributed by atoms with Crippen molar-refractivity contribution in [2.75, 3.05) is 6.61 Å². The molecule has 3 rings (SSSR count). The molecule has 4 heteroatoms. The Bertz CT molecular complexity index is 473. The lowest BCUT2D eigenvalue weighted by Crippen LogP contribution is -2.20. The fourth-order valence-electron chi connectivity index (χ4n) is 3.57. The molecular formula is C17H22O4. The van der Waals surface area contributed by atoms with Crippen LogP contribution in [0.5, 0.6) is 5.75 Å². The van der Waals surface area contributed by atoms with Crippen molar-refractivity contribution in [2.45, 2.75) is 44.3 Å². The molecule has 21 heavy (non-hydrogen) atoms. The number of para-hydroxylation sites is 1. The van der Waals surface area contributed by atoms with Gasteiger partial charge in [-0.3, -0.25) is 4.79 Å². The van der Waals surface area contributed by atoms with E-state index in [0.29, 0.717) is 19.4 Å². The van der Waals surface area contributed by atoms with Crippen molar-refractivity contribution in [3.8, 4) is 5.75 Å². The third-order valence-corrected chi connectivity index (χ3v) is 4.62. The normalized spacial score (nSPS) is 31.0. The summed E-state index contributed by atoms with van der Waals surface area (Å²) in [4.78, 5) is 11.3. The predicted molar refractivity (Wildman–Crippen MR) is 77.9 cm³/mol. The highest BCUT2D eigenvalue weighted by Gasteiger charge is 2.48. The Hall–Kier alpha value is -1.55. The summed E-state index contributed by atoms with van der Waals surface area (Å²) in [5, 5.41) is 10.1. The van der Waals surface area contributed by atoms with E-state index in [1.165, 1.54) is 0 Å². The second kappa shape index (κ2) is 6.48. The largest absolute Gasteiger partial charge is 0.494 e. The molecule has 0 radical (unpaired) electrons. The van der Waals surface area contributed by atoms with Gasteiger partial charge in [0.2, 0.25) is 0 Å². The maximum atomic E-state index is 11.3. The Kier molecular flexibility index (Phi) is 4.44. The van der Waals surface area contributed by atoms with E-state index in [9.17, 15) is 9.90 Å². The van der Waals surface area contributed by atoms with Crippen molar-refractivity contribution in [1.82, 2.24) is 0 Å². The predicted octanol–water partition coefficient (Wildman–Crippen LogP) is 2.55. The van der Waals surface area contributed by atoms with Gasteiger partial charge in [-0.05, 0) is 37.3 Å². The Labute approximate surface area is 125 Å². The first-order chi connectivity index (χ1) is 10.2. The minimum atomic E-state index is -0.317. The monoisotopic (exact) mass is 290 g/mol. The summed E-state index contributed by atoms with van der Waals surface area (Å²) in [6.07, 6.45) is 3.64. The van der Waals surface area contributed by atoms with E-state index in [2.05, 4.69) is 0 Å². The smallest absolute Gasteiger partial charge is 0.306 e. The van der Waals surface area contributed by atoms with Crippen LogP contribution in [0.25, 0.3) is 0 Å². The highest BCUT2D eigenvalue weighted by atomic mass is 16.6. The molecule has 1 heterocycles. The molecule has 1 aliphatic heterocycles. The van der Waals surface area contributed by atoms with Crippen LogP contribution < -0.4 is 4.74 Å². The van der Waals surface area contributed by atoms with E-state index in [0.717, 1.165) is 25.0 Å². The summed E-state index contributed by atoms with van der Waals surface area (Å²) in [5.41, 5.74) is 0. The first kappa shape index (κ1) is 14.4. The van der Waals surface area contributed by atoms with Gasteiger partial charge in [0, 0.05) is 12.3 Å². The minimum Gasteiger partial charge on any atom is -0.494 e. The molecule has 4 atom stereocenters. The number of carbonyl (C=O) groups excluding carboxylic acids is 1. The summed E-state index contributed by atoms with van der Waals surface area (Å²) in [7, 11) is 0. The SMILES string of the molecule is O=C1C[C@@H]2[C@@H](CCCCOc3ccccc3)[C@H](O)C[C@@H]2O1. The van der Waals surface area contributed by atoms with Gasteiger partial charge < -0.3 is 14.6 Å². The number of hydrogen-bond donors (Lipinski definition) is 1. The van der Waals surface area contributed by atoms with Crippen molar-refractivity contribution in [3.05, 3.63) is 30.3 Å². The molecule has 1 aromatic rings. The van der Waals surface area contributed by atoms with Crippen LogP contribution in [0.15, 0.2) is 30.3 Å². The van der Waals surface area contributed by atoms with Gasteiger partial charge in [0.05, 0.1) is 19.1 Å². The third-order valence-electron chi connectivity index (χ3n) is 4.62. The Morgan fingerprint density at radius 1 is 1.24 bits per heavy atom. The molecule has 1 saturated carbocycles. The van der Waals surface area contributed by atoms with Gasteiger partial charge in [0.15, 0.2) is 0 Å². The van der Waals surface area contributed by atoms with Crippen molar-refractivity contribution < 1.29 is 19.4 Å². The summed E-state index contributed by atoms with van der Waals surface area (Å²) in [5.74, 6) is 1.23. The molecule has 0 unspecified atom stereocenters. The number of aliphatic hydroxyl groups is 1. The molecule has 1 aromatic carbocycles. The number of ether oxygens (including phenoxy) is 2. The van der Waals surface area contributed by atoms with Gasteiger partial charge in [-0.15, -0.1) is 0 Å². The number of unbranched alkanes of at least 4 members (excludes halogenated alkanes) is 1. The molecule has 1 aliphatic carbocycles. The van der Waals surface area contributed by atoms with Gasteiger partial charge in [-0.1, -0.05) is 18.2 Å². The number of fused-ring (bicyclic) bond motifs is 1. The molecule has 0 spiro atoms. The van der Waals surface area contributed by atoms with Crippen LogP contribution in [-0.4, -0.2) is 29.9 Å². The highest BCUT2D eigenvalue weighted by Crippen LogP contribution is 2.43. The maximum Gasteiger partial charge on any atom is 0.306 e. The number of carbonyl (C=O) groups is 1. The molecular weight excluding hydrogens is 268 g/mol. The van der Waals surface area contributed by atoms with Crippen LogP contribution in [0.3, 0.4) is 0 Å². The first-order valence-electron chi connectivity index (χ1n) is 7.79. The topological polar surface area (TPSA) is 55.8 Å². The van der Waals surface area contributed by atoms with Crippen LogP contribution >= 0.6 is 0 Å². The van der Waals surface area contributed by atoms with Gasteiger partial charge in [0.25, 0.3) is 0 Å². The second-order valence-corrected chi connectivity index (χ2v) is 6.02. The fourth-order valence-corrected chi connectivity index (χ4v) is 3.57. The second-order valence-electron chi connectivity index (χ2n) is 6.02. The van der Waals surface area contributed by atoms with Crippen molar-refractivity contribution in [2.24, 2.45) is 11.8 Å². The number of esters is 1. The summed E-state index contributed by atoms with van der Waals surface area (Å²) >= 11 is 0. The number of aliphatic hydroxyl groups excluding tert-OH is 1. The zero-order valence-electron chi connectivity index (χ0n) is 12.1. The van der Waals surface area contributed by atoms with Crippen molar-refractivity contribution in [1.29, 1.82) is 0 Å². The molecule has 0 amide bonds. The van der Waals surface area contributed by atoms with E-state index >= 15 is 0 Å². The van der Waals surface area contributed by atoms with Crippen molar-refractivity contribution >= 4 is 5.97 Å². The van der Waals surface area contributed by atoms with E-state index in [1.54, 1.807) is 0 Å². The Morgan fingerprint density at radius 2 is 2.05 bits per heavy atom. The summed E-state index contributed by atoms with van der Waals surface area (Å²) in [6, 6.07) is 9.79. The molecule has 0 bridgehead atoms. The number of rotatable bonds is 6. The number of hydrogen-bond acceptors (Lipinski definition) is 4. The molecule has 1 N–H and O–H groups in total. The van der Waals surface area contributed by atoms with E-state index < -0.39 is 0 Å². The first-order valence-corrected chi connectivity index (χ1v) is 7.79. The minimum absolute atomic E-state index is 0.0435. The van der Waals surface area contributed by atoms with Gasteiger partial charge in [-0.2, -0.15) is 0 Å². The van der Waals surface area contributed by atoms with E-state index in [-0.39, 0.29) is 30.0 Å². The quantitative estimate of drug-likeness (QED) is 0.646. The zero-order chi connectivity index (χ0) is 14.7. The van der Waals surface area contributed by atoms with Gasteiger partial charge in [0.1, 0.15) is 11.9 Å². The standard InChI is InChI=1S/C17H22O4/c18-15-11-16-14(10-17(19)21-16)13(15)8-4-5-9-20-12-6-2-1-3-7-12/h1-3,6-7,13-16,18H,4-5,8-11H2/t13-,14-,15-,16+/m1/s1. The van der Waals surface area contributed by atoms with Gasteiger partial charge >= 0.3 is 5.97 Å². The average Bonchev–Trinajstić information content (AvgIpc) is 2.96. The van der Waals surface area contributed by atoms with Crippen LogP contribution in [0, 0.1) is 11.8 Å². The molecule has 2 fully saturated rings. The van der Waals surface area contributed by atoms with E-state index in [1.807, 2.05) is 30.3 Å². The fraction of sp³-hybridized carbons (Fsp3) is 0.588. The lowest BCUT2D eigenvalue weighted by atomic mass is 9.88. The van der Waals surface area contributed by atoms with E-state index in [4.69, 9.17) is 9.47 Å². The van der Waals surface area contributed by atoms with Crippen LogP contribution in [0.2, 0.25) is 0 Å². The zero-order valence-corrected chi connectivity index (χ0v) is 12.1. The van der Waals surface area contributed by atoms with Gasteiger partial charge in [-0.25, -0.2) is 0 Å². The highest BCUT2D eigenvalue weighted by molar-refractivity contribution is 5.72. The molecule has 0 aromatic heterocycles. The molecule has 2 aliphatic rings. The number of benzene rings is 1. The van der Waals surface area contributed by atoms with Crippen LogP contribution in [0.1, 0.15) is 32.1 Å². The summed E-state index contributed by atoms with van der Waals surface area (Å²) in [6.45, 7) is 0.691. The molecule has 4 nitrogen and oxygen atoms in total. The van der Waals surface area contributed by atoms with Crippen molar-refractivity contribution in [3.63, 3.8) is 0 Å². The lowest BCUT2D eigenvalue weighted by molar-refractivity contribution is -0.141. The third kappa shape index (κ3) is 3.38. The molecule has 114 valence electrons. The van der Waals surface area contributed by atoms with Crippen LogP contribution in [-0.2, 0) is 9.53 Å². The maximum absolute atomic E-state index is 11.3. The average molecular weight is 290 g/mol. The molecule has 1 saturated heterocycles. The van der Waals surface area contributed by atoms with Crippen LogP contribution in [0.4, 0.5) is 0 Å². The Morgan fingerprint density at radius 3 is 2.86 bits per heavy atom. The lowest BCUT2D eigenvalue weighted by Gasteiger charge is -2.18. The Balaban J connectivity index is 1.38.